The van der Waals surface area contributed by atoms with Crippen molar-refractivity contribution in [2.75, 3.05) is 5.32 Å². The lowest BCUT2D eigenvalue weighted by atomic mass is 9.93. The monoisotopic (exact) mass is 287 g/mol. The van der Waals surface area contributed by atoms with Gasteiger partial charge in [-0.05, 0) is 36.2 Å². The zero-order valence-corrected chi connectivity index (χ0v) is 12.0. The molecule has 0 aliphatic rings. The van der Waals surface area contributed by atoms with Crippen molar-refractivity contribution in [1.82, 2.24) is 0 Å². The summed E-state index contributed by atoms with van der Waals surface area (Å²) in [6, 6.07) is 13.0. The third-order valence-electron chi connectivity index (χ3n) is 3.46. The first kappa shape index (κ1) is 15.0. The molecule has 0 saturated heterocycles. The minimum Gasteiger partial charge on any atom is -0.480 e. The van der Waals surface area contributed by atoms with Gasteiger partial charge in [0.1, 0.15) is 11.9 Å². The summed E-state index contributed by atoms with van der Waals surface area (Å²) in [5.41, 5.74) is 2.14. The van der Waals surface area contributed by atoms with E-state index in [1.54, 1.807) is 13.0 Å². The number of carbonyl (C=O) groups is 1. The molecule has 2 rings (SSSR count). The summed E-state index contributed by atoms with van der Waals surface area (Å²) in [5.74, 6) is -1.59. The largest absolute Gasteiger partial charge is 0.480 e. The van der Waals surface area contributed by atoms with Crippen LogP contribution in [0, 0.1) is 12.7 Å². The predicted octanol–water partition coefficient (Wildman–Crippen LogP) is 3.80. The third-order valence-corrected chi connectivity index (χ3v) is 3.46. The van der Waals surface area contributed by atoms with Crippen LogP contribution in [0.3, 0.4) is 0 Å². The molecule has 0 heterocycles. The van der Waals surface area contributed by atoms with Crippen molar-refractivity contribution >= 4 is 11.7 Å². The number of carboxylic acids is 1. The highest BCUT2D eigenvalue weighted by Crippen LogP contribution is 2.23. The van der Waals surface area contributed by atoms with E-state index < -0.39 is 12.0 Å². The number of aryl methyl sites for hydroxylation is 1. The summed E-state index contributed by atoms with van der Waals surface area (Å²) in [6.45, 7) is 3.61. The van der Waals surface area contributed by atoms with Crippen molar-refractivity contribution in [3.8, 4) is 0 Å². The molecule has 0 aromatic heterocycles. The lowest BCUT2D eigenvalue weighted by Crippen LogP contribution is -2.34. The number of carboxylic acid groups (broad SMARTS) is 1. The van der Waals surface area contributed by atoms with Gasteiger partial charge in [-0.25, -0.2) is 9.18 Å². The van der Waals surface area contributed by atoms with Gasteiger partial charge in [-0.3, -0.25) is 0 Å². The van der Waals surface area contributed by atoms with E-state index in [-0.39, 0.29) is 11.7 Å². The lowest BCUT2D eigenvalue weighted by molar-refractivity contribution is -0.138. The van der Waals surface area contributed by atoms with E-state index in [0.29, 0.717) is 5.69 Å². The average Bonchev–Trinajstić information content (AvgIpc) is 2.43. The van der Waals surface area contributed by atoms with Crippen LogP contribution in [0.25, 0.3) is 0 Å². The van der Waals surface area contributed by atoms with Gasteiger partial charge in [-0.1, -0.05) is 37.3 Å². The van der Waals surface area contributed by atoms with E-state index in [9.17, 15) is 14.3 Å². The molecule has 2 aromatic carbocycles. The smallest absolute Gasteiger partial charge is 0.326 e. The Bertz CT molecular complexity index is 608. The molecule has 0 fully saturated rings. The van der Waals surface area contributed by atoms with Crippen LogP contribution >= 0.6 is 0 Å². The Hall–Kier alpha value is -2.36. The van der Waals surface area contributed by atoms with Gasteiger partial charge in [-0.15, -0.1) is 0 Å². The van der Waals surface area contributed by atoms with Crippen LogP contribution in [0.4, 0.5) is 10.1 Å². The number of anilines is 1. The van der Waals surface area contributed by atoms with Crippen molar-refractivity contribution in [1.29, 1.82) is 0 Å². The molecular formula is C17H18FNO2. The quantitative estimate of drug-likeness (QED) is 0.879. The molecule has 0 saturated carbocycles. The zero-order chi connectivity index (χ0) is 15.4. The fraction of sp³-hybridized carbons (Fsp3) is 0.235. The molecule has 0 radical (unpaired) electrons. The van der Waals surface area contributed by atoms with Crippen molar-refractivity contribution in [3.05, 3.63) is 65.5 Å². The molecule has 2 unspecified atom stereocenters. The second kappa shape index (κ2) is 6.39. The Morgan fingerprint density at radius 3 is 2.43 bits per heavy atom. The SMILES string of the molecule is Cc1cc(F)cc(NC(C(=O)O)C(C)c2ccccc2)c1. The van der Waals surface area contributed by atoms with Crippen LogP contribution in [0.5, 0.6) is 0 Å². The molecule has 0 bridgehead atoms. The Morgan fingerprint density at radius 1 is 1.19 bits per heavy atom. The normalized spacial score (nSPS) is 13.5. The van der Waals surface area contributed by atoms with Crippen LogP contribution < -0.4 is 5.32 Å². The summed E-state index contributed by atoms with van der Waals surface area (Å²) < 4.78 is 13.4. The maximum atomic E-state index is 13.4. The summed E-state index contributed by atoms with van der Waals surface area (Å²) in [6.07, 6.45) is 0. The van der Waals surface area contributed by atoms with E-state index in [2.05, 4.69) is 5.32 Å². The maximum absolute atomic E-state index is 13.4. The molecule has 21 heavy (non-hydrogen) atoms. The van der Waals surface area contributed by atoms with Crippen LogP contribution in [0.1, 0.15) is 24.0 Å². The number of nitrogens with one attached hydrogen (secondary N) is 1. The van der Waals surface area contributed by atoms with Crippen LogP contribution in [-0.4, -0.2) is 17.1 Å². The number of hydrogen-bond acceptors (Lipinski definition) is 2. The summed E-state index contributed by atoms with van der Waals surface area (Å²) >= 11 is 0. The average molecular weight is 287 g/mol. The molecule has 0 aliphatic heterocycles. The van der Waals surface area contributed by atoms with Crippen molar-refractivity contribution in [2.45, 2.75) is 25.8 Å². The Balaban J connectivity index is 2.25. The fourth-order valence-corrected chi connectivity index (χ4v) is 2.35. The van der Waals surface area contributed by atoms with Crippen LogP contribution in [0.2, 0.25) is 0 Å². The minimum absolute atomic E-state index is 0.243. The first-order valence-corrected chi connectivity index (χ1v) is 6.79. The number of aliphatic carboxylic acids is 1. The molecule has 110 valence electrons. The van der Waals surface area contributed by atoms with E-state index in [1.807, 2.05) is 37.3 Å². The molecule has 0 amide bonds. The Morgan fingerprint density at radius 2 is 1.86 bits per heavy atom. The standard InChI is InChI=1S/C17H18FNO2/c1-11-8-14(18)10-15(9-11)19-16(17(20)21)12(2)13-6-4-3-5-7-13/h3-10,12,16,19H,1-2H3,(H,20,21). The van der Waals surface area contributed by atoms with E-state index in [0.717, 1.165) is 11.1 Å². The van der Waals surface area contributed by atoms with Gasteiger partial charge in [0.15, 0.2) is 0 Å². The van der Waals surface area contributed by atoms with Gasteiger partial charge in [0.05, 0.1) is 0 Å². The molecule has 0 spiro atoms. The van der Waals surface area contributed by atoms with Gasteiger partial charge in [0.25, 0.3) is 0 Å². The second-order valence-corrected chi connectivity index (χ2v) is 5.18. The highest BCUT2D eigenvalue weighted by molar-refractivity contribution is 5.78. The number of halogens is 1. The summed E-state index contributed by atoms with van der Waals surface area (Å²) in [5, 5.41) is 12.4. The predicted molar refractivity (Wildman–Crippen MR) is 81.0 cm³/mol. The van der Waals surface area contributed by atoms with E-state index in [1.165, 1.54) is 12.1 Å². The Labute approximate surface area is 123 Å². The minimum atomic E-state index is -0.965. The first-order chi connectivity index (χ1) is 9.97. The van der Waals surface area contributed by atoms with Gasteiger partial charge in [0.2, 0.25) is 0 Å². The molecule has 2 atom stereocenters. The fourth-order valence-electron chi connectivity index (χ4n) is 2.35. The van der Waals surface area contributed by atoms with Crippen molar-refractivity contribution < 1.29 is 14.3 Å². The first-order valence-electron chi connectivity index (χ1n) is 6.79. The van der Waals surface area contributed by atoms with Crippen LogP contribution in [-0.2, 0) is 4.79 Å². The van der Waals surface area contributed by atoms with Crippen molar-refractivity contribution in [2.24, 2.45) is 0 Å². The van der Waals surface area contributed by atoms with E-state index in [4.69, 9.17) is 0 Å². The zero-order valence-electron chi connectivity index (χ0n) is 12.0. The van der Waals surface area contributed by atoms with Gasteiger partial charge >= 0.3 is 5.97 Å². The Kier molecular flexibility index (Phi) is 4.58. The molecule has 0 aliphatic carbocycles. The summed E-state index contributed by atoms with van der Waals surface area (Å²) in [4.78, 5) is 11.5. The molecule has 4 heteroatoms. The molecular weight excluding hydrogens is 269 g/mol. The van der Waals surface area contributed by atoms with Gasteiger partial charge < -0.3 is 10.4 Å². The number of benzene rings is 2. The number of hydrogen-bond donors (Lipinski definition) is 2. The summed E-state index contributed by atoms with van der Waals surface area (Å²) in [7, 11) is 0. The van der Waals surface area contributed by atoms with Crippen molar-refractivity contribution in [3.63, 3.8) is 0 Å². The number of rotatable bonds is 5. The maximum Gasteiger partial charge on any atom is 0.326 e. The van der Waals surface area contributed by atoms with E-state index >= 15 is 0 Å². The topological polar surface area (TPSA) is 49.3 Å². The van der Waals surface area contributed by atoms with Gasteiger partial charge in [0, 0.05) is 11.6 Å². The molecule has 2 N–H and O–H groups in total. The van der Waals surface area contributed by atoms with Crippen LogP contribution in [0.15, 0.2) is 48.5 Å². The highest BCUT2D eigenvalue weighted by Gasteiger charge is 2.25. The molecule has 3 nitrogen and oxygen atoms in total. The molecule has 2 aromatic rings. The van der Waals surface area contributed by atoms with Gasteiger partial charge in [-0.2, -0.15) is 0 Å². The second-order valence-electron chi connectivity index (χ2n) is 5.18. The lowest BCUT2D eigenvalue weighted by Gasteiger charge is -2.23. The third kappa shape index (κ3) is 3.81. The highest BCUT2D eigenvalue weighted by atomic mass is 19.1.